The first-order valence-electron chi connectivity index (χ1n) is 3.24. The molecule has 0 fully saturated rings. The van der Waals surface area contributed by atoms with Crippen LogP contribution < -0.4 is 5.32 Å². The third-order valence-electron chi connectivity index (χ3n) is 1.20. The van der Waals surface area contributed by atoms with Crippen molar-refractivity contribution in [2.75, 3.05) is 0 Å². The number of carbonyl (C=O) groups excluding carboxylic acids is 1. The Bertz CT molecular complexity index is 218. The number of rotatable bonds is 2. The molecule has 58 valence electrons. The van der Waals surface area contributed by atoms with Gasteiger partial charge in [0.25, 0.3) is 5.91 Å². The van der Waals surface area contributed by atoms with E-state index < -0.39 is 6.10 Å². The van der Waals surface area contributed by atoms with Crippen LogP contribution in [0.4, 0.5) is 0 Å². The monoisotopic (exact) mass is 151 g/mol. The average Bonchev–Trinajstić information content (AvgIpc) is 2.07. The quantitative estimate of drug-likeness (QED) is 0.631. The van der Waals surface area contributed by atoms with Crippen LogP contribution in [0.3, 0.4) is 0 Å². The molecule has 0 aromatic rings. The van der Waals surface area contributed by atoms with Gasteiger partial charge < -0.3 is 10.1 Å². The highest BCUT2D eigenvalue weighted by Crippen LogP contribution is 2.01. The van der Waals surface area contributed by atoms with Crippen molar-refractivity contribution in [2.45, 2.75) is 6.10 Å². The van der Waals surface area contributed by atoms with Gasteiger partial charge in [0.15, 0.2) is 6.10 Å². The van der Waals surface area contributed by atoms with E-state index in [1.54, 1.807) is 18.2 Å². The van der Waals surface area contributed by atoms with Crippen LogP contribution in [0.2, 0.25) is 0 Å². The van der Waals surface area contributed by atoms with E-state index in [0.29, 0.717) is 0 Å². The third-order valence-corrected chi connectivity index (χ3v) is 1.20. The third kappa shape index (κ3) is 1.97. The van der Waals surface area contributed by atoms with E-state index in [1.807, 2.05) is 0 Å². The molecule has 0 bridgehead atoms. The summed E-state index contributed by atoms with van der Waals surface area (Å²) < 4.78 is 4.97. The van der Waals surface area contributed by atoms with Gasteiger partial charge in [0.05, 0.1) is 6.26 Å². The fraction of sp³-hybridized carbons (Fsp3) is 0.125. The summed E-state index contributed by atoms with van der Waals surface area (Å²) >= 11 is 0. The highest BCUT2D eigenvalue weighted by molar-refractivity contribution is 5.83. The molecule has 3 heteroatoms. The van der Waals surface area contributed by atoms with Gasteiger partial charge in [0, 0.05) is 0 Å². The van der Waals surface area contributed by atoms with Crippen LogP contribution in [-0.4, -0.2) is 12.0 Å². The highest BCUT2D eigenvalue weighted by atomic mass is 16.5. The number of amides is 1. The van der Waals surface area contributed by atoms with Crippen molar-refractivity contribution in [1.82, 2.24) is 5.32 Å². The van der Waals surface area contributed by atoms with Gasteiger partial charge >= 0.3 is 0 Å². The summed E-state index contributed by atoms with van der Waals surface area (Å²) in [6, 6.07) is 0. The van der Waals surface area contributed by atoms with Gasteiger partial charge in [-0.1, -0.05) is 12.7 Å². The normalized spacial score (nSPS) is 20.5. The molecule has 0 aromatic heterocycles. The van der Waals surface area contributed by atoms with E-state index in [-0.39, 0.29) is 5.91 Å². The summed E-state index contributed by atoms with van der Waals surface area (Å²) in [6.07, 6.45) is 7.44. The zero-order valence-electron chi connectivity index (χ0n) is 5.99. The SMILES string of the molecule is C=CNC(=O)C1C=CC=CO1. The van der Waals surface area contributed by atoms with Crippen LogP contribution in [0.1, 0.15) is 0 Å². The number of ether oxygens (including phenoxy) is 1. The summed E-state index contributed by atoms with van der Waals surface area (Å²) in [6.45, 7) is 3.37. The molecule has 0 saturated heterocycles. The first kappa shape index (κ1) is 7.60. The second-order valence-corrected chi connectivity index (χ2v) is 1.98. The molecular weight excluding hydrogens is 142 g/mol. The maximum absolute atomic E-state index is 11.0. The molecule has 1 aliphatic heterocycles. The minimum Gasteiger partial charge on any atom is -0.484 e. The Labute approximate surface area is 65.0 Å². The van der Waals surface area contributed by atoms with E-state index in [1.165, 1.54) is 12.5 Å². The highest BCUT2D eigenvalue weighted by Gasteiger charge is 2.14. The van der Waals surface area contributed by atoms with Crippen LogP contribution >= 0.6 is 0 Å². The summed E-state index contributed by atoms with van der Waals surface area (Å²) in [5.41, 5.74) is 0. The first-order valence-corrected chi connectivity index (χ1v) is 3.24. The molecule has 11 heavy (non-hydrogen) atoms. The molecule has 1 aliphatic rings. The van der Waals surface area contributed by atoms with Crippen molar-refractivity contribution >= 4 is 5.91 Å². The van der Waals surface area contributed by atoms with Crippen molar-refractivity contribution in [3.63, 3.8) is 0 Å². The van der Waals surface area contributed by atoms with Gasteiger partial charge in [-0.05, 0) is 18.4 Å². The van der Waals surface area contributed by atoms with Gasteiger partial charge in [-0.3, -0.25) is 4.79 Å². The van der Waals surface area contributed by atoms with Crippen molar-refractivity contribution in [3.05, 3.63) is 37.3 Å². The Balaban J connectivity index is 2.48. The van der Waals surface area contributed by atoms with Gasteiger partial charge in [-0.2, -0.15) is 0 Å². The predicted molar refractivity (Wildman–Crippen MR) is 41.5 cm³/mol. The molecule has 1 atom stereocenters. The molecule has 1 unspecified atom stereocenters. The summed E-state index contributed by atoms with van der Waals surface area (Å²) in [7, 11) is 0. The van der Waals surface area contributed by atoms with Crippen LogP contribution in [0, 0.1) is 0 Å². The maximum atomic E-state index is 11.0. The zero-order chi connectivity index (χ0) is 8.10. The predicted octanol–water partition coefficient (Wildman–Crippen LogP) is 0.715. The number of hydrogen-bond donors (Lipinski definition) is 1. The molecule has 0 radical (unpaired) electrons. The molecule has 1 rings (SSSR count). The zero-order valence-corrected chi connectivity index (χ0v) is 5.99. The smallest absolute Gasteiger partial charge is 0.269 e. The molecule has 1 heterocycles. The molecule has 0 aliphatic carbocycles. The fourth-order valence-electron chi connectivity index (χ4n) is 0.718. The van der Waals surface area contributed by atoms with Crippen LogP contribution in [0.15, 0.2) is 37.3 Å². The van der Waals surface area contributed by atoms with Gasteiger partial charge in [-0.25, -0.2) is 0 Å². The lowest BCUT2D eigenvalue weighted by atomic mass is 10.2. The lowest BCUT2D eigenvalue weighted by Gasteiger charge is -2.12. The second-order valence-electron chi connectivity index (χ2n) is 1.98. The van der Waals surface area contributed by atoms with E-state index >= 15 is 0 Å². The summed E-state index contributed by atoms with van der Waals surface area (Å²) in [5, 5.41) is 2.43. The standard InChI is InChI=1S/C8H9NO2/c1-2-9-8(10)7-5-3-4-6-11-7/h2-7H,1H2,(H,9,10). The van der Waals surface area contributed by atoms with E-state index in [2.05, 4.69) is 11.9 Å². The Morgan fingerprint density at radius 1 is 1.64 bits per heavy atom. The van der Waals surface area contributed by atoms with Crippen molar-refractivity contribution in [1.29, 1.82) is 0 Å². The lowest BCUT2D eigenvalue weighted by Crippen LogP contribution is -2.31. The first-order chi connectivity index (χ1) is 5.34. The Kier molecular flexibility index (Phi) is 2.49. The molecule has 0 aromatic carbocycles. The number of allylic oxidation sites excluding steroid dienone is 2. The van der Waals surface area contributed by atoms with Crippen molar-refractivity contribution in [3.8, 4) is 0 Å². The average molecular weight is 151 g/mol. The molecule has 0 saturated carbocycles. The largest absolute Gasteiger partial charge is 0.484 e. The Hall–Kier alpha value is -1.51. The van der Waals surface area contributed by atoms with Crippen LogP contribution in [-0.2, 0) is 9.53 Å². The lowest BCUT2D eigenvalue weighted by molar-refractivity contribution is -0.126. The maximum Gasteiger partial charge on any atom is 0.269 e. The second kappa shape index (κ2) is 3.61. The van der Waals surface area contributed by atoms with Gasteiger partial charge in [0.1, 0.15) is 0 Å². The van der Waals surface area contributed by atoms with Gasteiger partial charge in [-0.15, -0.1) is 0 Å². The number of nitrogens with one attached hydrogen (secondary N) is 1. The topological polar surface area (TPSA) is 38.3 Å². The fourth-order valence-corrected chi connectivity index (χ4v) is 0.718. The van der Waals surface area contributed by atoms with Crippen LogP contribution in [0.25, 0.3) is 0 Å². The van der Waals surface area contributed by atoms with Crippen molar-refractivity contribution < 1.29 is 9.53 Å². The molecular formula is C8H9NO2. The molecule has 1 amide bonds. The Morgan fingerprint density at radius 3 is 3.00 bits per heavy atom. The number of hydrogen-bond acceptors (Lipinski definition) is 2. The minimum atomic E-state index is -0.516. The molecule has 3 nitrogen and oxygen atoms in total. The number of carbonyl (C=O) groups is 1. The molecule has 1 N–H and O–H groups in total. The summed E-state index contributed by atoms with van der Waals surface area (Å²) in [5.74, 6) is -0.208. The minimum absolute atomic E-state index is 0.208. The molecule has 0 spiro atoms. The Morgan fingerprint density at radius 2 is 2.45 bits per heavy atom. The van der Waals surface area contributed by atoms with E-state index in [4.69, 9.17) is 4.74 Å². The summed E-state index contributed by atoms with van der Waals surface area (Å²) in [4.78, 5) is 11.0. The van der Waals surface area contributed by atoms with E-state index in [0.717, 1.165) is 0 Å². The van der Waals surface area contributed by atoms with Crippen LogP contribution in [0.5, 0.6) is 0 Å². The van der Waals surface area contributed by atoms with E-state index in [9.17, 15) is 4.79 Å². The van der Waals surface area contributed by atoms with Crippen molar-refractivity contribution in [2.24, 2.45) is 0 Å². The van der Waals surface area contributed by atoms with Gasteiger partial charge in [0.2, 0.25) is 0 Å².